The molecule has 2 atom stereocenters. The SMILES string of the molecule is C=CCON([C@@H]1C=C[C@@H](CO[Si](C)(C)C(C)(C)C)NC1)S(=O)(=O)c1ccc([N+](=O)[O-])cc1[N+](=O)[O-]. The number of hydrogen-bond acceptors (Lipinski definition) is 9. The monoisotopic (exact) mass is 528 g/mol. The molecule has 0 bridgehead atoms. The molecule has 0 saturated heterocycles. The molecule has 1 aromatic rings. The van der Waals surface area contributed by atoms with Crippen molar-refractivity contribution in [3.8, 4) is 0 Å². The first kappa shape index (κ1) is 28.7. The Labute approximate surface area is 206 Å². The summed E-state index contributed by atoms with van der Waals surface area (Å²) in [4.78, 5) is 25.4. The molecule has 1 aliphatic heterocycles. The standard InChI is InChI=1S/C21H32N4O8SSi/c1-7-12-32-25(18-9-8-16(22-14-18)15-33-35(5,6)21(2,3)4)34(30,31)20-11-10-17(23(26)27)13-19(20)24(28)29/h7-11,13,16,18,22H,1,12,14-15H2,2-6H3/t16-,18+/m0/s1. The Morgan fingerprint density at radius 1 is 1.23 bits per heavy atom. The van der Waals surface area contributed by atoms with Crippen molar-refractivity contribution in [1.29, 1.82) is 0 Å². The van der Waals surface area contributed by atoms with Crippen molar-refractivity contribution in [2.75, 3.05) is 19.8 Å². The topological polar surface area (TPSA) is 154 Å². The predicted octanol–water partition coefficient (Wildman–Crippen LogP) is 3.53. The number of sulfonamides is 1. The fraction of sp³-hybridized carbons (Fsp3) is 0.524. The molecule has 0 aromatic heterocycles. The van der Waals surface area contributed by atoms with Crippen LogP contribution in [-0.2, 0) is 19.3 Å². The fourth-order valence-corrected chi connectivity index (χ4v) is 5.55. The minimum Gasteiger partial charge on any atom is -0.415 e. The van der Waals surface area contributed by atoms with Crippen LogP contribution in [0.2, 0.25) is 18.1 Å². The van der Waals surface area contributed by atoms with Crippen LogP contribution in [0.5, 0.6) is 0 Å². The van der Waals surface area contributed by atoms with Gasteiger partial charge < -0.3 is 9.74 Å². The van der Waals surface area contributed by atoms with Gasteiger partial charge in [0.25, 0.3) is 21.4 Å². The average molecular weight is 529 g/mol. The van der Waals surface area contributed by atoms with E-state index in [1.54, 1.807) is 12.2 Å². The lowest BCUT2D eigenvalue weighted by Crippen LogP contribution is -2.51. The van der Waals surface area contributed by atoms with Gasteiger partial charge in [-0.2, -0.15) is 0 Å². The van der Waals surface area contributed by atoms with Gasteiger partial charge in [0.2, 0.25) is 0 Å². The average Bonchev–Trinajstić information content (AvgIpc) is 2.77. The Kier molecular flexibility index (Phi) is 9.08. The molecule has 2 rings (SSSR count). The summed E-state index contributed by atoms with van der Waals surface area (Å²) in [5.74, 6) is 0. The van der Waals surface area contributed by atoms with Crippen LogP contribution < -0.4 is 5.32 Å². The normalized spacial score (nSPS) is 19.0. The molecule has 0 fully saturated rings. The van der Waals surface area contributed by atoms with E-state index in [2.05, 4.69) is 45.8 Å². The van der Waals surface area contributed by atoms with E-state index in [1.165, 1.54) is 6.08 Å². The predicted molar refractivity (Wildman–Crippen MR) is 133 cm³/mol. The molecule has 0 radical (unpaired) electrons. The van der Waals surface area contributed by atoms with E-state index in [-0.39, 0.29) is 24.2 Å². The lowest BCUT2D eigenvalue weighted by atomic mass is 10.1. The van der Waals surface area contributed by atoms with Crippen molar-refractivity contribution in [3.05, 3.63) is 63.2 Å². The summed E-state index contributed by atoms with van der Waals surface area (Å²) in [5, 5.41) is 25.8. The van der Waals surface area contributed by atoms with Crippen LogP contribution in [0.4, 0.5) is 11.4 Å². The smallest absolute Gasteiger partial charge is 0.296 e. The summed E-state index contributed by atoms with van der Waals surface area (Å²) < 4.78 is 33.7. The van der Waals surface area contributed by atoms with Crippen LogP contribution in [0.15, 0.2) is 47.9 Å². The number of benzene rings is 1. The number of nitrogens with one attached hydrogen (secondary N) is 1. The summed E-state index contributed by atoms with van der Waals surface area (Å²) in [6, 6.07) is 1.36. The van der Waals surface area contributed by atoms with Crippen LogP contribution >= 0.6 is 0 Å². The van der Waals surface area contributed by atoms with Crippen LogP contribution in [0.3, 0.4) is 0 Å². The minimum atomic E-state index is -4.58. The van der Waals surface area contributed by atoms with E-state index >= 15 is 0 Å². The maximum Gasteiger partial charge on any atom is 0.296 e. The summed E-state index contributed by atoms with van der Waals surface area (Å²) in [6.45, 7) is 14.6. The molecule has 14 heteroatoms. The zero-order valence-electron chi connectivity index (χ0n) is 20.5. The van der Waals surface area contributed by atoms with Gasteiger partial charge in [0.15, 0.2) is 13.2 Å². The maximum absolute atomic E-state index is 13.4. The molecular weight excluding hydrogens is 496 g/mol. The summed E-state index contributed by atoms with van der Waals surface area (Å²) in [5.41, 5.74) is -1.52. The lowest BCUT2D eigenvalue weighted by molar-refractivity contribution is -0.396. The van der Waals surface area contributed by atoms with E-state index in [0.29, 0.717) is 17.1 Å². The highest BCUT2D eigenvalue weighted by molar-refractivity contribution is 7.89. The molecule has 1 heterocycles. The summed E-state index contributed by atoms with van der Waals surface area (Å²) >= 11 is 0. The van der Waals surface area contributed by atoms with Gasteiger partial charge in [0.1, 0.15) is 0 Å². The molecule has 1 aromatic carbocycles. The van der Waals surface area contributed by atoms with Gasteiger partial charge in [-0.05, 0) is 24.2 Å². The number of non-ortho nitro benzene ring substituents is 1. The van der Waals surface area contributed by atoms with Crippen molar-refractivity contribution >= 4 is 29.7 Å². The summed E-state index contributed by atoms with van der Waals surface area (Å²) in [6.07, 6.45) is 4.74. The van der Waals surface area contributed by atoms with E-state index in [0.717, 1.165) is 12.1 Å². The van der Waals surface area contributed by atoms with Gasteiger partial charge in [0, 0.05) is 18.7 Å². The largest absolute Gasteiger partial charge is 0.415 e. The Bertz CT molecular complexity index is 1100. The van der Waals surface area contributed by atoms with Crippen LogP contribution in [-0.4, -0.2) is 62.9 Å². The number of nitro benzene ring substituents is 2. The fourth-order valence-electron chi connectivity index (χ4n) is 2.99. The molecule has 194 valence electrons. The van der Waals surface area contributed by atoms with Crippen molar-refractivity contribution < 1.29 is 27.5 Å². The number of hydroxylamine groups is 1. The highest BCUT2D eigenvalue weighted by Crippen LogP contribution is 2.37. The number of rotatable bonds is 11. The quantitative estimate of drug-likeness (QED) is 0.196. The first-order valence-electron chi connectivity index (χ1n) is 10.9. The maximum atomic E-state index is 13.4. The lowest BCUT2D eigenvalue weighted by Gasteiger charge is -2.38. The molecule has 35 heavy (non-hydrogen) atoms. The van der Waals surface area contributed by atoms with Gasteiger partial charge in [-0.1, -0.05) is 43.5 Å². The molecule has 1 N–H and O–H groups in total. The number of hydrogen-bond donors (Lipinski definition) is 1. The van der Waals surface area contributed by atoms with Gasteiger partial charge in [-0.25, -0.2) is 8.42 Å². The number of nitrogens with zero attached hydrogens (tertiary/aromatic N) is 3. The Morgan fingerprint density at radius 3 is 2.37 bits per heavy atom. The molecule has 0 saturated carbocycles. The third-order valence-corrected chi connectivity index (χ3v) is 12.3. The second-order valence-electron chi connectivity index (χ2n) is 9.55. The third kappa shape index (κ3) is 6.80. The van der Waals surface area contributed by atoms with Crippen LogP contribution in [0.25, 0.3) is 0 Å². The minimum absolute atomic E-state index is 0.0385. The third-order valence-electron chi connectivity index (χ3n) is 6.04. The Hall–Kier alpha value is -2.49. The van der Waals surface area contributed by atoms with E-state index in [1.807, 2.05) is 0 Å². The highest BCUT2D eigenvalue weighted by atomic mass is 32.2. The van der Waals surface area contributed by atoms with Crippen LogP contribution in [0.1, 0.15) is 20.8 Å². The zero-order chi connectivity index (χ0) is 26.6. The Balaban J connectivity index is 2.33. The van der Waals surface area contributed by atoms with E-state index in [4.69, 9.17) is 9.26 Å². The zero-order valence-corrected chi connectivity index (χ0v) is 22.3. The summed E-state index contributed by atoms with van der Waals surface area (Å²) in [7, 11) is -6.56. The van der Waals surface area contributed by atoms with Gasteiger partial charge >= 0.3 is 0 Å². The molecular formula is C21H32N4O8SSi. The molecule has 0 aliphatic carbocycles. The molecule has 0 amide bonds. The number of nitro groups is 2. The van der Waals surface area contributed by atoms with Crippen molar-refractivity contribution in [1.82, 2.24) is 9.79 Å². The van der Waals surface area contributed by atoms with Crippen molar-refractivity contribution in [3.63, 3.8) is 0 Å². The van der Waals surface area contributed by atoms with Gasteiger partial charge in [-0.15, -0.1) is 6.58 Å². The van der Waals surface area contributed by atoms with Crippen molar-refractivity contribution in [2.24, 2.45) is 0 Å². The Morgan fingerprint density at radius 2 is 1.89 bits per heavy atom. The van der Waals surface area contributed by atoms with E-state index in [9.17, 15) is 28.6 Å². The van der Waals surface area contributed by atoms with Gasteiger partial charge in [-0.3, -0.25) is 25.1 Å². The highest BCUT2D eigenvalue weighted by Gasteiger charge is 2.40. The van der Waals surface area contributed by atoms with Crippen molar-refractivity contribution in [2.45, 2.75) is 55.9 Å². The molecule has 0 unspecified atom stereocenters. The van der Waals surface area contributed by atoms with E-state index < -0.39 is 50.5 Å². The first-order chi connectivity index (χ1) is 16.1. The van der Waals surface area contributed by atoms with Gasteiger partial charge in [0.05, 0.1) is 35.2 Å². The second-order valence-corrected chi connectivity index (χ2v) is 16.1. The van der Waals surface area contributed by atoms with Crippen LogP contribution in [0, 0.1) is 20.2 Å². The molecule has 1 aliphatic rings. The first-order valence-corrected chi connectivity index (χ1v) is 15.2. The molecule has 0 spiro atoms. The second kappa shape index (κ2) is 11.1. The molecule has 12 nitrogen and oxygen atoms in total.